The quantitative estimate of drug-likeness (QED) is 0.939. The summed E-state index contributed by atoms with van der Waals surface area (Å²) in [4.78, 5) is 18.1. The summed E-state index contributed by atoms with van der Waals surface area (Å²) in [5.74, 6) is 0.548. The second-order valence-electron chi connectivity index (χ2n) is 5.46. The fourth-order valence-corrected chi connectivity index (χ4v) is 2.77. The van der Waals surface area contributed by atoms with Gasteiger partial charge in [0.25, 0.3) is 0 Å². The summed E-state index contributed by atoms with van der Waals surface area (Å²) in [7, 11) is 0. The molecule has 1 unspecified atom stereocenters. The normalized spacial score (nSPS) is 17.7. The van der Waals surface area contributed by atoms with Crippen LogP contribution in [0.1, 0.15) is 12.0 Å². The van der Waals surface area contributed by atoms with Gasteiger partial charge in [-0.2, -0.15) is 0 Å². The summed E-state index contributed by atoms with van der Waals surface area (Å²) in [5, 5.41) is 2.89. The van der Waals surface area contributed by atoms with E-state index in [0.717, 1.165) is 31.6 Å². The van der Waals surface area contributed by atoms with E-state index in [1.165, 1.54) is 5.56 Å². The molecule has 4 nitrogen and oxygen atoms in total. The molecule has 4 heteroatoms. The van der Waals surface area contributed by atoms with Crippen LogP contribution in [0.3, 0.4) is 0 Å². The number of carbonyl (C=O) groups is 1. The van der Waals surface area contributed by atoms with Gasteiger partial charge in [-0.15, -0.1) is 0 Å². The monoisotopic (exact) mass is 281 g/mol. The Morgan fingerprint density at radius 3 is 2.86 bits per heavy atom. The van der Waals surface area contributed by atoms with Gasteiger partial charge in [-0.05, 0) is 36.5 Å². The zero-order chi connectivity index (χ0) is 14.5. The Balaban J connectivity index is 1.53. The van der Waals surface area contributed by atoms with Crippen LogP contribution in [0.2, 0.25) is 0 Å². The summed E-state index contributed by atoms with van der Waals surface area (Å²) in [6.07, 6.45) is 5.46. The van der Waals surface area contributed by atoms with Crippen LogP contribution < -0.4 is 5.32 Å². The fourth-order valence-electron chi connectivity index (χ4n) is 2.77. The zero-order valence-electron chi connectivity index (χ0n) is 11.9. The molecule has 1 aliphatic heterocycles. The number of rotatable bonds is 3. The lowest BCUT2D eigenvalue weighted by Crippen LogP contribution is -2.33. The third-order valence-electron chi connectivity index (χ3n) is 3.85. The Bertz CT molecular complexity index is 585. The number of carbonyl (C=O) groups excluding carboxylic acids is 1. The minimum atomic E-state index is -0.0291. The van der Waals surface area contributed by atoms with E-state index in [0.29, 0.717) is 5.92 Å². The standard InChI is InChI=1S/C17H19N3O/c21-17(19-16-7-4-9-18-12-16)20-10-8-15(13-20)11-14-5-2-1-3-6-14/h1-7,9,12,15H,8,10-11,13H2,(H,19,21). The Morgan fingerprint density at radius 2 is 2.10 bits per heavy atom. The number of nitrogens with one attached hydrogen (secondary N) is 1. The lowest BCUT2D eigenvalue weighted by molar-refractivity contribution is 0.221. The molecule has 2 aromatic rings. The predicted molar refractivity (Wildman–Crippen MR) is 83.1 cm³/mol. The first-order valence-electron chi connectivity index (χ1n) is 7.31. The second kappa shape index (κ2) is 6.39. The number of urea groups is 1. The molecule has 2 heterocycles. The SMILES string of the molecule is O=C(Nc1cccnc1)N1CCC(Cc2ccccc2)C1. The number of hydrogen-bond acceptors (Lipinski definition) is 2. The van der Waals surface area contributed by atoms with Crippen LogP contribution >= 0.6 is 0 Å². The van der Waals surface area contributed by atoms with Crippen molar-refractivity contribution in [3.05, 3.63) is 60.4 Å². The molecule has 2 amide bonds. The molecule has 1 fully saturated rings. The number of hydrogen-bond donors (Lipinski definition) is 1. The molecule has 1 N–H and O–H groups in total. The summed E-state index contributed by atoms with van der Waals surface area (Å²) >= 11 is 0. The Kier molecular flexibility index (Phi) is 4.15. The lowest BCUT2D eigenvalue weighted by atomic mass is 9.99. The minimum absolute atomic E-state index is 0.0291. The van der Waals surface area contributed by atoms with E-state index in [9.17, 15) is 4.79 Å². The summed E-state index contributed by atoms with van der Waals surface area (Å²) < 4.78 is 0. The molecule has 1 aliphatic rings. The zero-order valence-corrected chi connectivity index (χ0v) is 11.9. The number of pyridine rings is 1. The van der Waals surface area contributed by atoms with E-state index in [-0.39, 0.29) is 6.03 Å². The average molecular weight is 281 g/mol. The molecule has 0 radical (unpaired) electrons. The van der Waals surface area contributed by atoms with E-state index in [1.807, 2.05) is 23.1 Å². The van der Waals surface area contributed by atoms with Crippen molar-refractivity contribution >= 4 is 11.7 Å². The van der Waals surface area contributed by atoms with E-state index >= 15 is 0 Å². The molecule has 0 spiro atoms. The van der Waals surface area contributed by atoms with Crippen molar-refractivity contribution in [1.82, 2.24) is 9.88 Å². The molecule has 0 saturated carbocycles. The maximum absolute atomic E-state index is 12.2. The van der Waals surface area contributed by atoms with E-state index in [2.05, 4.69) is 34.6 Å². The predicted octanol–water partition coefficient (Wildman–Crippen LogP) is 3.18. The number of anilines is 1. The van der Waals surface area contributed by atoms with Crippen molar-refractivity contribution in [3.63, 3.8) is 0 Å². The third kappa shape index (κ3) is 3.60. The number of amides is 2. The van der Waals surface area contributed by atoms with Crippen molar-refractivity contribution in [2.24, 2.45) is 5.92 Å². The highest BCUT2D eigenvalue weighted by molar-refractivity contribution is 5.89. The summed E-state index contributed by atoms with van der Waals surface area (Å²) in [5.41, 5.74) is 2.09. The number of nitrogens with zero attached hydrogens (tertiary/aromatic N) is 2. The number of aromatic nitrogens is 1. The van der Waals surface area contributed by atoms with Gasteiger partial charge in [-0.3, -0.25) is 4.98 Å². The minimum Gasteiger partial charge on any atom is -0.324 e. The Morgan fingerprint density at radius 1 is 1.24 bits per heavy atom. The molecule has 21 heavy (non-hydrogen) atoms. The second-order valence-corrected chi connectivity index (χ2v) is 5.46. The topological polar surface area (TPSA) is 45.2 Å². The van der Waals surface area contributed by atoms with E-state index < -0.39 is 0 Å². The van der Waals surface area contributed by atoms with Crippen molar-refractivity contribution in [1.29, 1.82) is 0 Å². The van der Waals surface area contributed by atoms with Gasteiger partial charge in [0.2, 0.25) is 0 Å². The van der Waals surface area contributed by atoms with Gasteiger partial charge in [0.15, 0.2) is 0 Å². The number of benzene rings is 1. The smallest absolute Gasteiger partial charge is 0.321 e. The maximum atomic E-state index is 12.2. The van der Waals surface area contributed by atoms with Crippen molar-refractivity contribution in [2.45, 2.75) is 12.8 Å². The van der Waals surface area contributed by atoms with Crippen LogP contribution in [0.5, 0.6) is 0 Å². The van der Waals surface area contributed by atoms with Crippen LogP contribution in [0.4, 0.5) is 10.5 Å². The molecule has 0 aliphatic carbocycles. The summed E-state index contributed by atoms with van der Waals surface area (Å²) in [6, 6.07) is 14.1. The van der Waals surface area contributed by atoms with Gasteiger partial charge in [-0.1, -0.05) is 30.3 Å². The van der Waals surface area contributed by atoms with Crippen LogP contribution in [0.25, 0.3) is 0 Å². The molecular formula is C17H19N3O. The van der Waals surface area contributed by atoms with Crippen LogP contribution in [-0.2, 0) is 6.42 Å². The molecule has 108 valence electrons. The highest BCUT2D eigenvalue weighted by Gasteiger charge is 2.26. The van der Waals surface area contributed by atoms with Crippen molar-refractivity contribution in [2.75, 3.05) is 18.4 Å². The van der Waals surface area contributed by atoms with Gasteiger partial charge in [-0.25, -0.2) is 4.79 Å². The molecule has 1 atom stereocenters. The van der Waals surface area contributed by atoms with E-state index in [4.69, 9.17) is 0 Å². The van der Waals surface area contributed by atoms with Gasteiger partial charge in [0.1, 0.15) is 0 Å². The van der Waals surface area contributed by atoms with Crippen molar-refractivity contribution in [3.8, 4) is 0 Å². The van der Waals surface area contributed by atoms with Gasteiger partial charge >= 0.3 is 6.03 Å². The Hall–Kier alpha value is -2.36. The molecule has 0 bridgehead atoms. The fraction of sp³-hybridized carbons (Fsp3) is 0.294. The van der Waals surface area contributed by atoms with Crippen LogP contribution in [-0.4, -0.2) is 29.0 Å². The van der Waals surface area contributed by atoms with Gasteiger partial charge in [0, 0.05) is 19.3 Å². The molecule has 3 rings (SSSR count). The van der Waals surface area contributed by atoms with E-state index in [1.54, 1.807) is 12.4 Å². The molecule has 1 saturated heterocycles. The van der Waals surface area contributed by atoms with Crippen molar-refractivity contribution < 1.29 is 4.79 Å². The van der Waals surface area contributed by atoms with Crippen LogP contribution in [0, 0.1) is 5.92 Å². The Labute approximate surface area is 124 Å². The maximum Gasteiger partial charge on any atom is 0.321 e. The molecule has 1 aromatic heterocycles. The third-order valence-corrected chi connectivity index (χ3v) is 3.85. The van der Waals surface area contributed by atoms with Crippen LogP contribution in [0.15, 0.2) is 54.9 Å². The largest absolute Gasteiger partial charge is 0.324 e. The first-order chi connectivity index (χ1) is 10.3. The van der Waals surface area contributed by atoms with Gasteiger partial charge < -0.3 is 10.2 Å². The highest BCUT2D eigenvalue weighted by Crippen LogP contribution is 2.21. The van der Waals surface area contributed by atoms with Gasteiger partial charge in [0.05, 0.1) is 11.9 Å². The first-order valence-corrected chi connectivity index (χ1v) is 7.31. The lowest BCUT2D eigenvalue weighted by Gasteiger charge is -2.17. The summed E-state index contributed by atoms with van der Waals surface area (Å²) in [6.45, 7) is 1.64. The first kappa shape index (κ1) is 13.6. The number of likely N-dealkylation sites (tertiary alicyclic amines) is 1. The average Bonchev–Trinajstić information content (AvgIpc) is 2.98. The molecular weight excluding hydrogens is 262 g/mol. The highest BCUT2D eigenvalue weighted by atomic mass is 16.2. The molecule has 1 aromatic carbocycles.